The molecule has 1 aromatic heterocycles. The Balaban J connectivity index is 2.11. The van der Waals surface area contributed by atoms with Crippen LogP contribution in [0.25, 0.3) is 0 Å². The van der Waals surface area contributed by atoms with Gasteiger partial charge in [0.15, 0.2) is 5.13 Å². The summed E-state index contributed by atoms with van der Waals surface area (Å²) in [5.41, 5.74) is 3.69. The van der Waals surface area contributed by atoms with Gasteiger partial charge < -0.3 is 11.1 Å². The van der Waals surface area contributed by atoms with E-state index in [2.05, 4.69) is 14.6 Å². The highest BCUT2D eigenvalue weighted by Crippen LogP contribution is 2.33. The summed E-state index contributed by atoms with van der Waals surface area (Å²) in [6.45, 7) is 2.70. The molecular weight excluding hydrogens is 388 g/mol. The number of halogens is 1. The fraction of sp³-hybridized carbons (Fsp3) is 0.400. The first-order valence-electron chi connectivity index (χ1n) is 6.12. The monoisotopic (exact) mass is 398 g/mol. The fourth-order valence-electron chi connectivity index (χ4n) is 1.98. The number of hydrogen-bond acceptors (Lipinski definition) is 9. The predicted octanol–water partition coefficient (Wildman–Crippen LogP) is -0.599. The van der Waals surface area contributed by atoms with Crippen LogP contribution in [0.1, 0.15) is 24.3 Å². The van der Waals surface area contributed by atoms with Crippen LogP contribution in [0.5, 0.6) is 0 Å². The van der Waals surface area contributed by atoms with E-state index in [1.807, 2.05) is 0 Å². The Hall–Kier alpha value is -1.80. The lowest BCUT2D eigenvalue weighted by atomic mass is 9.84. The van der Waals surface area contributed by atoms with Gasteiger partial charge in [-0.3, -0.25) is 18.9 Å². The van der Waals surface area contributed by atoms with Crippen molar-refractivity contribution in [3.63, 3.8) is 0 Å². The maximum atomic E-state index is 12.0. The molecule has 0 spiro atoms. The third kappa shape index (κ3) is 3.34. The molecule has 2 amide bonds. The number of nitrogens with zero attached hydrogens (tertiary/aromatic N) is 2. The number of anilines is 1. The van der Waals surface area contributed by atoms with Crippen LogP contribution < -0.4 is 11.1 Å². The Bertz CT molecular complexity index is 834. The van der Waals surface area contributed by atoms with Gasteiger partial charge >= 0.3 is 10.4 Å². The highest BCUT2D eigenvalue weighted by molar-refractivity contribution is 7.80. The number of ketones is 1. The van der Waals surface area contributed by atoms with Crippen molar-refractivity contribution in [2.75, 3.05) is 5.73 Å². The maximum Gasteiger partial charge on any atom is 0.418 e. The van der Waals surface area contributed by atoms with E-state index in [-0.39, 0.29) is 15.2 Å². The van der Waals surface area contributed by atoms with Gasteiger partial charge in [0.25, 0.3) is 17.6 Å². The molecule has 0 unspecified atom stereocenters. The normalized spacial score (nSPS) is 19.8. The molecule has 24 heavy (non-hydrogen) atoms. The molecule has 1 saturated heterocycles. The number of Topliss-reactive ketones (excluding diaryl/α,β-unsaturated/α-hetero) is 1. The van der Waals surface area contributed by atoms with Crippen LogP contribution >= 0.6 is 22.9 Å². The summed E-state index contributed by atoms with van der Waals surface area (Å²) in [6, 6.07) is -1.26. The molecule has 132 valence electrons. The Morgan fingerprint density at radius 2 is 2.08 bits per heavy atom. The molecular formula is C10H11ClN4O7S2. The number of rotatable bonds is 5. The third-order valence-electron chi connectivity index (χ3n) is 3.14. The number of hydrogen-bond donors (Lipinski definition) is 3. The minimum absolute atomic E-state index is 0.0103. The van der Waals surface area contributed by atoms with Crippen molar-refractivity contribution < 1.29 is 31.6 Å². The minimum atomic E-state index is -4.92. The molecule has 1 fully saturated rings. The molecule has 1 aromatic rings. The maximum absolute atomic E-state index is 12.0. The van der Waals surface area contributed by atoms with E-state index < -0.39 is 39.6 Å². The van der Waals surface area contributed by atoms with Gasteiger partial charge in [-0.1, -0.05) is 22.9 Å². The van der Waals surface area contributed by atoms with Gasteiger partial charge in [-0.15, -0.1) is 4.28 Å². The number of aromatic nitrogens is 1. The van der Waals surface area contributed by atoms with Crippen molar-refractivity contribution in [3.05, 3.63) is 10.0 Å². The van der Waals surface area contributed by atoms with Crippen LogP contribution in [0.3, 0.4) is 0 Å². The minimum Gasteiger partial charge on any atom is -0.375 e. The largest absolute Gasteiger partial charge is 0.418 e. The van der Waals surface area contributed by atoms with Gasteiger partial charge in [-0.05, 0) is 13.8 Å². The molecule has 1 aliphatic heterocycles. The Kier molecular flexibility index (Phi) is 4.58. The van der Waals surface area contributed by atoms with Gasteiger partial charge in [-0.2, -0.15) is 13.5 Å². The SMILES string of the molecule is CC1(C)[C@H](NC(=O)C(=O)c2nc(N)sc2Cl)C(=O)N1OS(=O)(=O)O. The summed E-state index contributed by atoms with van der Waals surface area (Å²) in [7, 11) is -4.92. The van der Waals surface area contributed by atoms with E-state index in [0.29, 0.717) is 5.06 Å². The smallest absolute Gasteiger partial charge is 0.375 e. The molecule has 0 radical (unpaired) electrons. The van der Waals surface area contributed by atoms with E-state index in [1.165, 1.54) is 13.8 Å². The van der Waals surface area contributed by atoms with Crippen molar-refractivity contribution in [1.29, 1.82) is 0 Å². The van der Waals surface area contributed by atoms with Crippen LogP contribution in [0.15, 0.2) is 0 Å². The van der Waals surface area contributed by atoms with Gasteiger partial charge in [0, 0.05) is 0 Å². The molecule has 0 bridgehead atoms. The average Bonchev–Trinajstić information content (AvgIpc) is 2.78. The lowest BCUT2D eigenvalue weighted by molar-refractivity contribution is -0.218. The number of thiazole rings is 1. The Morgan fingerprint density at radius 3 is 2.50 bits per heavy atom. The van der Waals surface area contributed by atoms with Crippen molar-refractivity contribution in [2.24, 2.45) is 0 Å². The third-order valence-corrected chi connectivity index (χ3v) is 4.57. The first kappa shape index (κ1) is 18.5. The van der Waals surface area contributed by atoms with Crippen LogP contribution in [-0.2, 0) is 24.3 Å². The van der Waals surface area contributed by atoms with Gasteiger partial charge in [0.05, 0.1) is 5.54 Å². The van der Waals surface area contributed by atoms with Crippen molar-refractivity contribution in [2.45, 2.75) is 25.4 Å². The molecule has 2 rings (SSSR count). The van der Waals surface area contributed by atoms with E-state index in [9.17, 15) is 22.8 Å². The standard InChI is InChI=1S/C10H11ClN4O7S2/c1-10(2)5(8(18)15(10)22-24(19,20)21)14-7(17)4(16)3-6(11)23-9(12)13-3/h5H,1-2H3,(H2,12,13)(H,14,17)(H,19,20,21)/t5-/m1/s1. The van der Waals surface area contributed by atoms with Gasteiger partial charge in [0.1, 0.15) is 16.1 Å². The van der Waals surface area contributed by atoms with Crippen molar-refractivity contribution in [3.8, 4) is 0 Å². The van der Waals surface area contributed by atoms with E-state index in [1.54, 1.807) is 0 Å². The van der Waals surface area contributed by atoms with Crippen LogP contribution in [0, 0.1) is 0 Å². The summed E-state index contributed by atoms with van der Waals surface area (Å²) in [5, 5.41) is 2.49. The van der Waals surface area contributed by atoms with E-state index in [4.69, 9.17) is 21.9 Å². The molecule has 1 aliphatic rings. The van der Waals surface area contributed by atoms with Gasteiger partial charge in [0.2, 0.25) is 0 Å². The second-order valence-electron chi connectivity index (χ2n) is 5.20. The Morgan fingerprint density at radius 1 is 1.50 bits per heavy atom. The van der Waals surface area contributed by atoms with Crippen molar-refractivity contribution in [1.82, 2.24) is 15.4 Å². The fourth-order valence-corrected chi connectivity index (χ4v) is 3.36. The zero-order chi connectivity index (χ0) is 18.4. The van der Waals surface area contributed by atoms with Crippen LogP contribution in [0.2, 0.25) is 4.34 Å². The summed E-state index contributed by atoms with van der Waals surface area (Å²) in [4.78, 5) is 39.4. The van der Waals surface area contributed by atoms with Crippen LogP contribution in [0.4, 0.5) is 5.13 Å². The second kappa shape index (κ2) is 5.93. The lowest BCUT2D eigenvalue weighted by Gasteiger charge is -2.50. The predicted molar refractivity (Wildman–Crippen MR) is 81.4 cm³/mol. The number of carbonyl (C=O) groups excluding carboxylic acids is 3. The summed E-state index contributed by atoms with van der Waals surface area (Å²) in [6.07, 6.45) is 0. The summed E-state index contributed by atoms with van der Waals surface area (Å²) < 4.78 is 34.0. The van der Waals surface area contributed by atoms with E-state index >= 15 is 0 Å². The first-order chi connectivity index (χ1) is 10.8. The molecule has 0 aliphatic carbocycles. The topological polar surface area (TPSA) is 169 Å². The molecule has 14 heteroatoms. The molecule has 2 heterocycles. The number of hydroxylamine groups is 2. The lowest BCUT2D eigenvalue weighted by Crippen LogP contribution is -2.76. The quantitative estimate of drug-likeness (QED) is 0.253. The molecule has 0 aromatic carbocycles. The number of amides is 2. The zero-order valence-electron chi connectivity index (χ0n) is 12.1. The highest BCUT2D eigenvalue weighted by atomic mass is 35.5. The second-order valence-corrected chi connectivity index (χ2v) is 7.84. The van der Waals surface area contributed by atoms with Crippen LogP contribution in [-0.4, -0.2) is 52.2 Å². The Labute approximate surface area is 144 Å². The summed E-state index contributed by atoms with van der Waals surface area (Å²) >= 11 is 6.54. The highest BCUT2D eigenvalue weighted by Gasteiger charge is 2.58. The van der Waals surface area contributed by atoms with Crippen molar-refractivity contribution >= 4 is 56.1 Å². The first-order valence-corrected chi connectivity index (χ1v) is 8.68. The number of carbonyl (C=O) groups is 3. The molecule has 4 N–H and O–H groups in total. The average molecular weight is 399 g/mol. The molecule has 0 saturated carbocycles. The number of nitrogens with two attached hydrogens (primary N) is 1. The molecule has 11 nitrogen and oxygen atoms in total. The van der Waals surface area contributed by atoms with Gasteiger partial charge in [-0.25, -0.2) is 4.98 Å². The number of nitrogen functional groups attached to an aromatic ring is 1. The van der Waals surface area contributed by atoms with E-state index in [0.717, 1.165) is 11.3 Å². The number of nitrogens with one attached hydrogen (secondary N) is 1. The molecule has 1 atom stereocenters. The summed E-state index contributed by atoms with van der Waals surface area (Å²) in [5.74, 6) is -3.26. The number of β-lactam (4-membered cyclic amide) rings is 1. The zero-order valence-corrected chi connectivity index (χ0v) is 14.5.